The van der Waals surface area contributed by atoms with Gasteiger partial charge in [0, 0.05) is 19.0 Å². The first-order chi connectivity index (χ1) is 17.2. The molecule has 4 rings (SSSR count). The van der Waals surface area contributed by atoms with Gasteiger partial charge in [0.25, 0.3) is 15.9 Å². The Morgan fingerprint density at radius 1 is 0.944 bits per heavy atom. The molecule has 190 valence electrons. The van der Waals surface area contributed by atoms with Crippen LogP contribution < -0.4 is 19.1 Å². The summed E-state index contributed by atoms with van der Waals surface area (Å²) in [4.78, 5) is 13.3. The van der Waals surface area contributed by atoms with Crippen LogP contribution in [0.4, 0.5) is 5.69 Å². The smallest absolute Gasteiger partial charge is 0.264 e. The molecule has 3 aromatic carbocycles. The number of anilines is 1. The number of carbonyl (C=O) groups excluding carboxylic acids is 1. The molecular formula is C28H32N2O5S. The first kappa shape index (κ1) is 25.6. The zero-order valence-corrected chi connectivity index (χ0v) is 21.8. The summed E-state index contributed by atoms with van der Waals surface area (Å²) in [6.45, 7) is 7.16. The third-order valence-corrected chi connectivity index (χ3v) is 8.02. The van der Waals surface area contributed by atoms with Gasteiger partial charge in [-0.15, -0.1) is 0 Å². The van der Waals surface area contributed by atoms with Crippen LogP contribution in [0.5, 0.6) is 11.5 Å². The molecule has 1 aliphatic heterocycles. The number of nitrogens with zero attached hydrogens (tertiary/aromatic N) is 1. The van der Waals surface area contributed by atoms with Crippen LogP contribution in [0.15, 0.2) is 71.6 Å². The van der Waals surface area contributed by atoms with Gasteiger partial charge in [-0.2, -0.15) is 0 Å². The standard InChI is InChI=1S/C28H32N2O5S/c1-19(2)27(21-11-14-25-26(18-21)35-16-6-15-34-25)29-28(31)22-7-5-8-24(17-22)36(32,33)30(4)23-12-9-20(3)10-13-23/h5,7-14,17-19,27H,6,15-16H2,1-4H3,(H,29,31). The van der Waals surface area contributed by atoms with Crippen molar-refractivity contribution in [3.8, 4) is 11.5 Å². The Morgan fingerprint density at radius 3 is 2.33 bits per heavy atom. The fourth-order valence-electron chi connectivity index (χ4n) is 4.08. The van der Waals surface area contributed by atoms with Gasteiger partial charge in [-0.1, -0.05) is 43.7 Å². The topological polar surface area (TPSA) is 84.9 Å². The number of carbonyl (C=O) groups is 1. The second-order valence-electron chi connectivity index (χ2n) is 9.29. The SMILES string of the molecule is Cc1ccc(N(C)S(=O)(=O)c2cccc(C(=O)NC(c3ccc4c(c3)OCCCO4)C(C)C)c2)cc1. The van der Waals surface area contributed by atoms with E-state index < -0.39 is 10.0 Å². The number of fused-ring (bicyclic) bond motifs is 1. The number of benzene rings is 3. The fourth-order valence-corrected chi connectivity index (χ4v) is 5.32. The molecule has 0 aromatic heterocycles. The van der Waals surface area contributed by atoms with Crippen LogP contribution in [0.1, 0.15) is 47.8 Å². The third kappa shape index (κ3) is 5.49. The second kappa shape index (κ2) is 10.6. The molecule has 36 heavy (non-hydrogen) atoms. The molecule has 1 aliphatic rings. The van der Waals surface area contributed by atoms with Gasteiger partial charge in [0.2, 0.25) is 0 Å². The largest absolute Gasteiger partial charge is 0.490 e. The summed E-state index contributed by atoms with van der Waals surface area (Å²) >= 11 is 0. The molecule has 7 nitrogen and oxygen atoms in total. The van der Waals surface area contributed by atoms with Crippen LogP contribution in [-0.4, -0.2) is 34.6 Å². The van der Waals surface area contributed by atoms with Crippen molar-refractivity contribution in [3.05, 3.63) is 83.4 Å². The van der Waals surface area contributed by atoms with Crippen LogP contribution in [0.2, 0.25) is 0 Å². The Bertz CT molecular complexity index is 1340. The van der Waals surface area contributed by atoms with Crippen molar-refractivity contribution in [2.75, 3.05) is 24.6 Å². The van der Waals surface area contributed by atoms with Gasteiger partial charge < -0.3 is 14.8 Å². The molecule has 0 bridgehead atoms. The normalized spacial score (nSPS) is 14.1. The first-order valence-electron chi connectivity index (χ1n) is 12.0. The van der Waals surface area contributed by atoms with E-state index in [1.54, 1.807) is 24.3 Å². The van der Waals surface area contributed by atoms with E-state index in [0.717, 1.165) is 17.5 Å². The van der Waals surface area contributed by atoms with E-state index in [9.17, 15) is 13.2 Å². The summed E-state index contributed by atoms with van der Waals surface area (Å²) in [6.07, 6.45) is 0.812. The summed E-state index contributed by atoms with van der Waals surface area (Å²) in [7, 11) is -2.34. The predicted octanol–water partition coefficient (Wildman–Crippen LogP) is 5.11. The highest BCUT2D eigenvalue weighted by atomic mass is 32.2. The highest BCUT2D eigenvalue weighted by molar-refractivity contribution is 7.92. The Hall–Kier alpha value is -3.52. The van der Waals surface area contributed by atoms with E-state index in [1.807, 2.05) is 51.1 Å². The molecule has 8 heteroatoms. The molecule has 0 fully saturated rings. The number of hydrogen-bond donors (Lipinski definition) is 1. The zero-order chi connectivity index (χ0) is 25.9. The van der Waals surface area contributed by atoms with Gasteiger partial charge >= 0.3 is 0 Å². The van der Waals surface area contributed by atoms with Gasteiger partial charge in [-0.05, 0) is 60.9 Å². The molecule has 0 saturated heterocycles. The molecule has 1 unspecified atom stereocenters. The highest BCUT2D eigenvalue weighted by Crippen LogP contribution is 2.34. The van der Waals surface area contributed by atoms with Gasteiger partial charge in [-0.25, -0.2) is 8.42 Å². The molecule has 0 aliphatic carbocycles. The van der Waals surface area contributed by atoms with Gasteiger partial charge in [0.1, 0.15) is 0 Å². The first-order valence-corrected chi connectivity index (χ1v) is 13.5. The van der Waals surface area contributed by atoms with Gasteiger partial charge in [0.15, 0.2) is 11.5 Å². The van der Waals surface area contributed by atoms with Crippen molar-refractivity contribution in [1.29, 1.82) is 0 Å². The predicted molar refractivity (Wildman–Crippen MR) is 140 cm³/mol. The van der Waals surface area contributed by atoms with Gasteiger partial charge in [-0.3, -0.25) is 9.10 Å². The zero-order valence-electron chi connectivity index (χ0n) is 21.0. The molecule has 1 atom stereocenters. The number of sulfonamides is 1. The Kier molecular flexibility index (Phi) is 7.54. The highest BCUT2D eigenvalue weighted by Gasteiger charge is 2.25. The molecule has 0 spiro atoms. The maximum atomic E-state index is 13.3. The second-order valence-corrected chi connectivity index (χ2v) is 11.3. The number of amides is 1. The molecular weight excluding hydrogens is 476 g/mol. The molecule has 1 amide bonds. The number of hydrogen-bond acceptors (Lipinski definition) is 5. The summed E-state index contributed by atoms with van der Waals surface area (Å²) in [5.41, 5.74) is 2.75. The number of ether oxygens (including phenoxy) is 2. The lowest BCUT2D eigenvalue weighted by atomic mass is 9.95. The van der Waals surface area contributed by atoms with Crippen LogP contribution >= 0.6 is 0 Å². The Labute approximate surface area is 213 Å². The third-order valence-electron chi connectivity index (χ3n) is 6.24. The van der Waals surface area contributed by atoms with Crippen molar-refractivity contribution in [1.82, 2.24) is 5.32 Å². The maximum absolute atomic E-state index is 13.3. The number of rotatable bonds is 7. The summed E-state index contributed by atoms with van der Waals surface area (Å²) in [6, 6.07) is 18.7. The number of nitrogens with one attached hydrogen (secondary N) is 1. The van der Waals surface area contributed by atoms with E-state index in [1.165, 1.54) is 23.5 Å². The molecule has 1 heterocycles. The lowest BCUT2D eigenvalue weighted by Gasteiger charge is -2.24. The van der Waals surface area contributed by atoms with Crippen molar-refractivity contribution in [2.45, 2.75) is 38.1 Å². The number of aryl methyl sites for hydroxylation is 1. The van der Waals surface area contributed by atoms with Crippen LogP contribution in [0.3, 0.4) is 0 Å². The quantitative estimate of drug-likeness (QED) is 0.480. The Balaban J connectivity index is 1.57. The van der Waals surface area contributed by atoms with Crippen molar-refractivity contribution < 1.29 is 22.7 Å². The average molecular weight is 509 g/mol. The average Bonchev–Trinajstić information content (AvgIpc) is 3.12. The minimum Gasteiger partial charge on any atom is -0.490 e. The molecule has 0 saturated carbocycles. The van der Waals surface area contributed by atoms with Crippen LogP contribution in [0, 0.1) is 12.8 Å². The summed E-state index contributed by atoms with van der Waals surface area (Å²) in [5.74, 6) is 1.09. The van der Waals surface area contributed by atoms with E-state index in [2.05, 4.69) is 5.32 Å². The Morgan fingerprint density at radius 2 is 1.64 bits per heavy atom. The monoisotopic (exact) mass is 508 g/mol. The lowest BCUT2D eigenvalue weighted by molar-refractivity contribution is 0.0925. The van der Waals surface area contributed by atoms with Crippen molar-refractivity contribution >= 4 is 21.6 Å². The van der Waals surface area contributed by atoms with E-state index in [4.69, 9.17) is 9.47 Å². The minimum atomic E-state index is -3.85. The molecule has 1 N–H and O–H groups in total. The van der Waals surface area contributed by atoms with Crippen LogP contribution in [-0.2, 0) is 10.0 Å². The van der Waals surface area contributed by atoms with E-state index in [0.29, 0.717) is 30.4 Å². The fraction of sp³-hybridized carbons (Fsp3) is 0.321. The summed E-state index contributed by atoms with van der Waals surface area (Å²) in [5, 5.41) is 3.07. The molecule has 0 radical (unpaired) electrons. The summed E-state index contributed by atoms with van der Waals surface area (Å²) < 4.78 is 39.3. The van der Waals surface area contributed by atoms with Crippen molar-refractivity contribution in [2.24, 2.45) is 5.92 Å². The van der Waals surface area contributed by atoms with Crippen molar-refractivity contribution in [3.63, 3.8) is 0 Å². The van der Waals surface area contributed by atoms with E-state index >= 15 is 0 Å². The maximum Gasteiger partial charge on any atom is 0.264 e. The molecule has 3 aromatic rings. The lowest BCUT2D eigenvalue weighted by Crippen LogP contribution is -2.32. The van der Waals surface area contributed by atoms with Gasteiger partial charge in [0.05, 0.1) is 29.8 Å². The van der Waals surface area contributed by atoms with E-state index in [-0.39, 0.29) is 28.3 Å². The van der Waals surface area contributed by atoms with Crippen LogP contribution in [0.25, 0.3) is 0 Å². The minimum absolute atomic E-state index is 0.0508.